The number of ether oxygens (including phenoxy) is 2. The number of aromatic nitrogens is 4. The third-order valence-corrected chi connectivity index (χ3v) is 3.17. The highest BCUT2D eigenvalue weighted by Gasteiger charge is 2.06. The lowest BCUT2D eigenvalue weighted by Gasteiger charge is -2.07. The van der Waals surface area contributed by atoms with Crippen molar-refractivity contribution in [3.8, 4) is 0 Å². The topological polar surface area (TPSA) is 74.1 Å². The molecular weight excluding hydrogens is 266 g/mol. The zero-order valence-corrected chi connectivity index (χ0v) is 12.7. The molecule has 0 radical (unpaired) electrons. The van der Waals surface area contributed by atoms with Crippen molar-refractivity contribution in [1.29, 1.82) is 0 Å². The second-order valence-electron chi connectivity index (χ2n) is 4.20. The minimum atomic E-state index is 0.265. The Morgan fingerprint density at radius 2 is 2.16 bits per heavy atom. The number of tetrazole rings is 1. The maximum atomic E-state index is 5.48. The average Bonchev–Trinajstić information content (AvgIpc) is 2.82. The van der Waals surface area contributed by atoms with E-state index in [1.54, 1.807) is 23.6 Å². The zero-order chi connectivity index (χ0) is 13.9. The van der Waals surface area contributed by atoms with Crippen LogP contribution in [0.25, 0.3) is 0 Å². The highest BCUT2D eigenvalue weighted by Crippen LogP contribution is 2.12. The lowest BCUT2D eigenvalue weighted by atomic mass is 10.5. The highest BCUT2D eigenvalue weighted by molar-refractivity contribution is 7.99. The Hall–Kier alpha value is -0.700. The minimum absolute atomic E-state index is 0.265. The molecule has 0 bridgehead atoms. The molecule has 110 valence electrons. The molecule has 0 aromatic carbocycles. The number of thioether (sulfide) groups is 1. The van der Waals surface area contributed by atoms with Crippen molar-refractivity contribution >= 4 is 11.8 Å². The van der Waals surface area contributed by atoms with Crippen LogP contribution >= 0.6 is 11.8 Å². The number of methoxy groups -OCH3 is 1. The van der Waals surface area contributed by atoms with Crippen molar-refractivity contribution in [2.75, 3.05) is 39.2 Å². The molecule has 1 rings (SSSR count). The van der Waals surface area contributed by atoms with Crippen molar-refractivity contribution < 1.29 is 9.47 Å². The van der Waals surface area contributed by atoms with Crippen LogP contribution in [0.3, 0.4) is 0 Å². The van der Waals surface area contributed by atoms with Gasteiger partial charge in [-0.25, -0.2) is 4.68 Å². The summed E-state index contributed by atoms with van der Waals surface area (Å²) < 4.78 is 12.2. The van der Waals surface area contributed by atoms with Gasteiger partial charge in [-0.3, -0.25) is 0 Å². The SMILES string of the molecule is COCCNCCn1nnnc1SCCOC(C)C. The predicted octanol–water partition coefficient (Wildman–Crippen LogP) is 0.426. The molecular formula is C11H23N5O2S. The fourth-order valence-electron chi connectivity index (χ4n) is 1.34. The molecule has 0 spiro atoms. The van der Waals surface area contributed by atoms with Gasteiger partial charge in [-0.2, -0.15) is 0 Å². The molecule has 0 aliphatic carbocycles. The first kappa shape index (κ1) is 16.4. The van der Waals surface area contributed by atoms with E-state index < -0.39 is 0 Å². The van der Waals surface area contributed by atoms with Crippen LogP contribution in [-0.2, 0) is 16.0 Å². The summed E-state index contributed by atoms with van der Waals surface area (Å²) in [5.74, 6) is 0.857. The number of hydrogen-bond donors (Lipinski definition) is 1. The predicted molar refractivity (Wildman–Crippen MR) is 74.4 cm³/mol. The molecule has 0 saturated heterocycles. The normalized spacial score (nSPS) is 11.4. The fourth-order valence-corrected chi connectivity index (χ4v) is 2.07. The summed E-state index contributed by atoms with van der Waals surface area (Å²) in [5, 5.41) is 15.8. The van der Waals surface area contributed by atoms with Gasteiger partial charge in [0.2, 0.25) is 5.16 Å². The monoisotopic (exact) mass is 289 g/mol. The van der Waals surface area contributed by atoms with Gasteiger partial charge < -0.3 is 14.8 Å². The molecule has 1 N–H and O–H groups in total. The standard InChI is InChI=1S/C11H23N5O2S/c1-10(2)18-8-9-19-11-13-14-15-16(11)6-4-12-5-7-17-3/h10,12H,4-9H2,1-3H3. The van der Waals surface area contributed by atoms with E-state index in [4.69, 9.17) is 9.47 Å². The van der Waals surface area contributed by atoms with E-state index in [0.717, 1.165) is 30.5 Å². The molecule has 0 saturated carbocycles. The first-order chi connectivity index (χ1) is 9.24. The lowest BCUT2D eigenvalue weighted by molar-refractivity contribution is 0.0920. The summed E-state index contributed by atoms with van der Waals surface area (Å²) >= 11 is 1.61. The molecule has 1 heterocycles. The number of nitrogens with zero attached hydrogens (tertiary/aromatic N) is 4. The second-order valence-corrected chi connectivity index (χ2v) is 5.26. The molecule has 19 heavy (non-hydrogen) atoms. The molecule has 0 amide bonds. The Labute approximate surface area is 118 Å². The van der Waals surface area contributed by atoms with Crippen LogP contribution < -0.4 is 5.32 Å². The van der Waals surface area contributed by atoms with Crippen LogP contribution in [0.15, 0.2) is 5.16 Å². The third-order valence-electron chi connectivity index (χ3n) is 2.25. The van der Waals surface area contributed by atoms with Gasteiger partial charge in [0.25, 0.3) is 0 Å². The summed E-state index contributed by atoms with van der Waals surface area (Å²) in [6.45, 7) is 7.89. The first-order valence-electron chi connectivity index (χ1n) is 6.44. The van der Waals surface area contributed by atoms with E-state index in [1.165, 1.54) is 0 Å². The number of nitrogens with one attached hydrogen (secondary N) is 1. The van der Waals surface area contributed by atoms with Gasteiger partial charge in [-0.15, -0.1) is 5.10 Å². The Balaban J connectivity index is 2.18. The average molecular weight is 289 g/mol. The van der Waals surface area contributed by atoms with Crippen molar-refractivity contribution in [2.24, 2.45) is 0 Å². The van der Waals surface area contributed by atoms with Gasteiger partial charge in [0, 0.05) is 26.0 Å². The Kier molecular flexibility index (Phi) is 8.72. The quantitative estimate of drug-likeness (QED) is 0.467. The molecule has 0 aliphatic heterocycles. The van der Waals surface area contributed by atoms with Gasteiger partial charge in [0.15, 0.2) is 0 Å². The van der Waals surface area contributed by atoms with E-state index in [2.05, 4.69) is 20.8 Å². The van der Waals surface area contributed by atoms with Gasteiger partial charge in [0.05, 0.1) is 25.9 Å². The van der Waals surface area contributed by atoms with Crippen LogP contribution in [0.5, 0.6) is 0 Å². The van der Waals surface area contributed by atoms with Gasteiger partial charge in [-0.05, 0) is 24.3 Å². The van der Waals surface area contributed by atoms with E-state index in [1.807, 2.05) is 13.8 Å². The van der Waals surface area contributed by atoms with E-state index in [0.29, 0.717) is 13.2 Å². The maximum Gasteiger partial charge on any atom is 0.209 e. The number of rotatable bonds is 11. The van der Waals surface area contributed by atoms with Gasteiger partial charge in [0.1, 0.15) is 0 Å². The smallest absolute Gasteiger partial charge is 0.209 e. The van der Waals surface area contributed by atoms with Crippen molar-refractivity contribution in [2.45, 2.75) is 31.7 Å². The van der Waals surface area contributed by atoms with E-state index >= 15 is 0 Å². The van der Waals surface area contributed by atoms with Crippen molar-refractivity contribution in [3.05, 3.63) is 0 Å². The van der Waals surface area contributed by atoms with E-state index in [9.17, 15) is 0 Å². The van der Waals surface area contributed by atoms with Crippen LogP contribution in [0.2, 0.25) is 0 Å². The van der Waals surface area contributed by atoms with Crippen LogP contribution in [0, 0.1) is 0 Å². The molecule has 0 aliphatic rings. The summed E-state index contributed by atoms with van der Waals surface area (Å²) in [4.78, 5) is 0. The zero-order valence-electron chi connectivity index (χ0n) is 11.8. The molecule has 1 aromatic heterocycles. The first-order valence-corrected chi connectivity index (χ1v) is 7.42. The summed E-state index contributed by atoms with van der Waals surface area (Å²) in [6, 6.07) is 0. The summed E-state index contributed by atoms with van der Waals surface area (Å²) in [5.41, 5.74) is 0. The molecule has 8 heteroatoms. The molecule has 0 fully saturated rings. The van der Waals surface area contributed by atoms with Crippen molar-refractivity contribution in [3.63, 3.8) is 0 Å². The van der Waals surface area contributed by atoms with Crippen molar-refractivity contribution in [1.82, 2.24) is 25.5 Å². The minimum Gasteiger partial charge on any atom is -0.383 e. The highest BCUT2D eigenvalue weighted by atomic mass is 32.2. The van der Waals surface area contributed by atoms with E-state index in [-0.39, 0.29) is 6.10 Å². The molecule has 0 atom stereocenters. The molecule has 7 nitrogen and oxygen atoms in total. The summed E-state index contributed by atoms with van der Waals surface area (Å²) in [7, 11) is 1.69. The Morgan fingerprint density at radius 1 is 1.32 bits per heavy atom. The second kappa shape index (κ2) is 10.1. The molecule has 1 aromatic rings. The lowest BCUT2D eigenvalue weighted by Crippen LogP contribution is -2.24. The third kappa shape index (κ3) is 7.46. The number of hydrogen-bond acceptors (Lipinski definition) is 7. The van der Waals surface area contributed by atoms with Gasteiger partial charge >= 0.3 is 0 Å². The summed E-state index contributed by atoms with van der Waals surface area (Å²) in [6.07, 6.45) is 0.265. The van der Waals surface area contributed by atoms with Crippen LogP contribution in [0.4, 0.5) is 0 Å². The maximum absolute atomic E-state index is 5.48. The van der Waals surface area contributed by atoms with Crippen LogP contribution in [-0.4, -0.2) is 65.5 Å². The Morgan fingerprint density at radius 3 is 2.89 bits per heavy atom. The largest absolute Gasteiger partial charge is 0.383 e. The Bertz CT molecular complexity index is 335. The van der Waals surface area contributed by atoms with Crippen LogP contribution in [0.1, 0.15) is 13.8 Å². The fraction of sp³-hybridized carbons (Fsp3) is 0.909. The van der Waals surface area contributed by atoms with Gasteiger partial charge in [-0.1, -0.05) is 11.8 Å². The molecule has 0 unspecified atom stereocenters.